The fourth-order valence-corrected chi connectivity index (χ4v) is 5.22. The van der Waals surface area contributed by atoms with Crippen molar-refractivity contribution in [2.75, 3.05) is 17.1 Å². The number of hydrogen-bond donors (Lipinski definition) is 1. The van der Waals surface area contributed by atoms with Gasteiger partial charge in [-0.1, -0.05) is 60.5 Å². The van der Waals surface area contributed by atoms with E-state index in [1.165, 1.54) is 12.1 Å². The van der Waals surface area contributed by atoms with E-state index in [1.54, 1.807) is 11.0 Å². The largest absolute Gasteiger partial charge is 0.350 e. The highest BCUT2D eigenvalue weighted by molar-refractivity contribution is 7.92. The quantitative estimate of drug-likeness (QED) is 0.409. The maximum atomic E-state index is 13.4. The van der Waals surface area contributed by atoms with Crippen LogP contribution in [-0.4, -0.2) is 49.5 Å². The van der Waals surface area contributed by atoms with E-state index in [1.807, 2.05) is 58.0 Å². The van der Waals surface area contributed by atoms with Crippen LogP contribution in [0.1, 0.15) is 52.5 Å². The lowest BCUT2D eigenvalue weighted by molar-refractivity contribution is -0.142. The predicted molar refractivity (Wildman–Crippen MR) is 147 cm³/mol. The summed E-state index contributed by atoms with van der Waals surface area (Å²) in [4.78, 5) is 28.1. The molecule has 7 nitrogen and oxygen atoms in total. The van der Waals surface area contributed by atoms with Gasteiger partial charge in [-0.25, -0.2) is 8.42 Å². The fraction of sp³-hybridized carbons (Fsp3) is 0.462. The molecule has 0 spiro atoms. The van der Waals surface area contributed by atoms with Crippen LogP contribution in [0, 0.1) is 0 Å². The van der Waals surface area contributed by atoms with Crippen LogP contribution in [-0.2, 0) is 26.2 Å². The number of carbonyl (C=O) groups is 2. The van der Waals surface area contributed by atoms with E-state index in [0.29, 0.717) is 11.4 Å². The molecule has 2 aromatic carbocycles. The number of benzene rings is 2. The maximum Gasteiger partial charge on any atom is 0.243 e. The molecule has 36 heavy (non-hydrogen) atoms. The molecule has 0 bridgehead atoms. The number of amides is 2. The molecule has 0 aromatic heterocycles. The van der Waals surface area contributed by atoms with Gasteiger partial charge in [0.25, 0.3) is 0 Å². The third kappa shape index (κ3) is 8.98. The molecule has 198 valence electrons. The normalized spacial score (nSPS) is 12.6. The second-order valence-electron chi connectivity index (χ2n) is 9.70. The van der Waals surface area contributed by atoms with Gasteiger partial charge in [0.1, 0.15) is 6.04 Å². The third-order valence-electron chi connectivity index (χ3n) is 5.41. The van der Waals surface area contributed by atoms with E-state index < -0.39 is 21.6 Å². The van der Waals surface area contributed by atoms with Crippen LogP contribution in [0.2, 0.25) is 10.0 Å². The summed E-state index contributed by atoms with van der Waals surface area (Å²) >= 11 is 12.3. The van der Waals surface area contributed by atoms with Crippen molar-refractivity contribution >= 4 is 50.7 Å². The van der Waals surface area contributed by atoms with Crippen molar-refractivity contribution in [1.82, 2.24) is 10.2 Å². The van der Waals surface area contributed by atoms with Crippen molar-refractivity contribution in [2.24, 2.45) is 0 Å². The summed E-state index contributed by atoms with van der Waals surface area (Å²) in [6.07, 6.45) is 1.81. The van der Waals surface area contributed by atoms with E-state index in [-0.39, 0.29) is 48.5 Å². The van der Waals surface area contributed by atoms with Crippen molar-refractivity contribution in [1.29, 1.82) is 0 Å². The predicted octanol–water partition coefficient (Wildman–Crippen LogP) is 5.26. The Morgan fingerprint density at radius 3 is 2.25 bits per heavy atom. The Kier molecular flexibility index (Phi) is 10.6. The third-order valence-corrected chi connectivity index (χ3v) is 7.14. The summed E-state index contributed by atoms with van der Waals surface area (Å²) in [6.45, 7) is 7.84. The molecule has 2 amide bonds. The van der Waals surface area contributed by atoms with Gasteiger partial charge in [-0.05, 0) is 57.4 Å². The first kappa shape index (κ1) is 29.9. The average Bonchev–Trinajstić information content (AvgIpc) is 2.77. The molecule has 0 saturated carbocycles. The van der Waals surface area contributed by atoms with E-state index in [2.05, 4.69) is 5.32 Å². The van der Waals surface area contributed by atoms with E-state index >= 15 is 0 Å². The smallest absolute Gasteiger partial charge is 0.243 e. The molecule has 0 radical (unpaired) electrons. The monoisotopic (exact) mass is 555 g/mol. The first-order valence-electron chi connectivity index (χ1n) is 11.8. The van der Waals surface area contributed by atoms with Gasteiger partial charge in [0, 0.05) is 30.1 Å². The van der Waals surface area contributed by atoms with Crippen LogP contribution in [0.5, 0.6) is 0 Å². The SMILES string of the molecule is CC[C@H](C(=O)NC(C)(C)C)N(Cc1ccccc1)C(=O)CCCN(c1cc(Cl)ccc1Cl)S(C)(=O)=O. The Labute approximate surface area is 224 Å². The standard InChI is InChI=1S/C26H35Cl2N3O4S/c1-6-22(25(33)29-26(2,3)4)30(18-19-11-8-7-9-12-19)24(32)13-10-16-31(36(5,34)35)23-17-20(27)14-15-21(23)28/h7-9,11-12,14-15,17,22H,6,10,13,16,18H2,1-5H3,(H,29,33)/t22-/m1/s1. The zero-order valence-electron chi connectivity index (χ0n) is 21.4. The van der Waals surface area contributed by atoms with Crippen LogP contribution in [0.25, 0.3) is 0 Å². The van der Waals surface area contributed by atoms with Crippen LogP contribution < -0.4 is 9.62 Å². The first-order valence-corrected chi connectivity index (χ1v) is 14.4. The fourth-order valence-electron chi connectivity index (χ4n) is 3.81. The number of hydrogen-bond acceptors (Lipinski definition) is 4. The van der Waals surface area contributed by atoms with Gasteiger partial charge in [-0.2, -0.15) is 0 Å². The van der Waals surface area contributed by atoms with Crippen LogP contribution in [0.15, 0.2) is 48.5 Å². The van der Waals surface area contributed by atoms with Crippen LogP contribution in [0.3, 0.4) is 0 Å². The first-order chi connectivity index (χ1) is 16.7. The number of rotatable bonds is 11. The number of nitrogens with one attached hydrogen (secondary N) is 1. The minimum atomic E-state index is -3.68. The summed E-state index contributed by atoms with van der Waals surface area (Å²) in [5, 5.41) is 3.56. The lowest BCUT2D eigenvalue weighted by atomic mass is 10.0. The molecule has 1 atom stereocenters. The Morgan fingerprint density at radius 1 is 1.06 bits per heavy atom. The maximum absolute atomic E-state index is 13.4. The minimum Gasteiger partial charge on any atom is -0.350 e. The van der Waals surface area contributed by atoms with Gasteiger partial charge >= 0.3 is 0 Å². The Hall–Kier alpha value is -2.29. The van der Waals surface area contributed by atoms with Crippen molar-refractivity contribution in [3.05, 3.63) is 64.1 Å². The number of anilines is 1. The zero-order chi connectivity index (χ0) is 27.1. The molecule has 2 aromatic rings. The molecule has 0 aliphatic heterocycles. The molecule has 0 fully saturated rings. The number of nitrogens with zero attached hydrogens (tertiary/aromatic N) is 2. The van der Waals surface area contributed by atoms with Crippen LogP contribution in [0.4, 0.5) is 5.69 Å². The summed E-state index contributed by atoms with van der Waals surface area (Å²) in [5.41, 5.74) is 0.714. The second-order valence-corrected chi connectivity index (χ2v) is 12.5. The number of sulfonamides is 1. The zero-order valence-corrected chi connectivity index (χ0v) is 23.8. The molecular formula is C26H35Cl2N3O4S. The lowest BCUT2D eigenvalue weighted by Gasteiger charge is -2.33. The Morgan fingerprint density at radius 2 is 1.69 bits per heavy atom. The van der Waals surface area contributed by atoms with Crippen molar-refractivity contribution in [3.63, 3.8) is 0 Å². The highest BCUT2D eigenvalue weighted by atomic mass is 35.5. The Balaban J connectivity index is 2.24. The molecule has 0 aliphatic rings. The molecule has 0 unspecified atom stereocenters. The molecule has 1 N–H and O–H groups in total. The van der Waals surface area contributed by atoms with Crippen LogP contribution >= 0.6 is 23.2 Å². The summed E-state index contributed by atoms with van der Waals surface area (Å²) in [5.74, 6) is -0.460. The van der Waals surface area contributed by atoms with E-state index in [9.17, 15) is 18.0 Å². The van der Waals surface area contributed by atoms with Crippen molar-refractivity contribution < 1.29 is 18.0 Å². The van der Waals surface area contributed by atoms with Crippen molar-refractivity contribution in [2.45, 2.75) is 65.1 Å². The molecule has 0 heterocycles. The van der Waals surface area contributed by atoms with Gasteiger partial charge < -0.3 is 10.2 Å². The molecule has 0 saturated heterocycles. The summed E-state index contributed by atoms with van der Waals surface area (Å²) in [6, 6.07) is 13.4. The van der Waals surface area contributed by atoms with Gasteiger partial charge in [0.15, 0.2) is 0 Å². The second kappa shape index (κ2) is 12.8. The summed E-state index contributed by atoms with van der Waals surface area (Å²) < 4.78 is 26.2. The number of carbonyl (C=O) groups excluding carboxylic acids is 2. The van der Waals surface area contributed by atoms with Crippen molar-refractivity contribution in [3.8, 4) is 0 Å². The van der Waals surface area contributed by atoms with Gasteiger partial charge in [-0.3, -0.25) is 13.9 Å². The van der Waals surface area contributed by atoms with Gasteiger partial charge in [0.2, 0.25) is 21.8 Å². The highest BCUT2D eigenvalue weighted by Crippen LogP contribution is 2.31. The highest BCUT2D eigenvalue weighted by Gasteiger charge is 2.30. The van der Waals surface area contributed by atoms with E-state index in [0.717, 1.165) is 16.1 Å². The molecule has 0 aliphatic carbocycles. The van der Waals surface area contributed by atoms with Gasteiger partial charge in [0.05, 0.1) is 17.0 Å². The number of halogens is 2. The Bertz CT molecular complexity index is 1150. The summed E-state index contributed by atoms with van der Waals surface area (Å²) in [7, 11) is -3.68. The van der Waals surface area contributed by atoms with E-state index in [4.69, 9.17) is 23.2 Å². The minimum absolute atomic E-state index is 0.0365. The topological polar surface area (TPSA) is 86.8 Å². The molecule has 2 rings (SSSR count). The molecular weight excluding hydrogens is 521 g/mol. The lowest BCUT2D eigenvalue weighted by Crippen LogP contribution is -2.53. The average molecular weight is 557 g/mol. The molecule has 10 heteroatoms. The van der Waals surface area contributed by atoms with Gasteiger partial charge in [-0.15, -0.1) is 0 Å².